The van der Waals surface area contributed by atoms with Crippen LogP contribution in [0.3, 0.4) is 0 Å². The highest BCUT2D eigenvalue weighted by atomic mass is 79.9. The number of nitrogens with one attached hydrogen (secondary N) is 1. The molecule has 2 unspecified atom stereocenters. The topological polar surface area (TPSA) is 69.6 Å². The fraction of sp³-hybridized carbons (Fsp3) is 0.538. The summed E-state index contributed by atoms with van der Waals surface area (Å²) in [6.45, 7) is 4.41. The molecule has 2 atom stereocenters. The lowest BCUT2D eigenvalue weighted by Gasteiger charge is -2.29. The van der Waals surface area contributed by atoms with E-state index in [1.54, 1.807) is 11.3 Å². The van der Waals surface area contributed by atoms with Gasteiger partial charge in [0.05, 0.1) is 11.9 Å². The molecule has 1 aliphatic heterocycles. The van der Waals surface area contributed by atoms with Crippen LogP contribution >= 0.6 is 39.0 Å². The highest BCUT2D eigenvalue weighted by molar-refractivity contribution is 9.10. The van der Waals surface area contributed by atoms with Crippen molar-refractivity contribution in [3.63, 3.8) is 0 Å². The molecule has 5 nitrogen and oxygen atoms in total. The molecule has 0 spiro atoms. The maximum atomic E-state index is 12.4. The van der Waals surface area contributed by atoms with Gasteiger partial charge >= 0.3 is 12.0 Å². The van der Waals surface area contributed by atoms with Crippen molar-refractivity contribution >= 4 is 51.0 Å². The summed E-state index contributed by atoms with van der Waals surface area (Å²) in [4.78, 5) is 26.2. The maximum absolute atomic E-state index is 12.4. The van der Waals surface area contributed by atoms with Crippen molar-refractivity contribution in [3.05, 3.63) is 20.8 Å². The predicted octanol–water partition coefficient (Wildman–Crippen LogP) is 3.20. The first kappa shape index (κ1) is 16.6. The molecule has 2 heterocycles. The van der Waals surface area contributed by atoms with E-state index in [9.17, 15) is 14.7 Å². The van der Waals surface area contributed by atoms with Crippen LogP contribution in [0.15, 0.2) is 15.9 Å². The second kappa shape index (κ2) is 7.02. The lowest BCUT2D eigenvalue weighted by atomic mass is 10.2. The third-order valence-electron chi connectivity index (χ3n) is 3.16. The Balaban J connectivity index is 2.04. The van der Waals surface area contributed by atoms with Crippen LogP contribution in [0.25, 0.3) is 0 Å². The van der Waals surface area contributed by atoms with E-state index in [0.29, 0.717) is 12.3 Å². The Kier molecular flexibility index (Phi) is 5.56. The van der Waals surface area contributed by atoms with Crippen molar-refractivity contribution in [1.29, 1.82) is 0 Å². The first-order chi connectivity index (χ1) is 9.90. The van der Waals surface area contributed by atoms with E-state index in [1.807, 2.05) is 25.3 Å². The predicted molar refractivity (Wildman–Crippen MR) is 88.6 cm³/mol. The van der Waals surface area contributed by atoms with Crippen molar-refractivity contribution in [2.75, 3.05) is 5.75 Å². The Morgan fingerprint density at radius 1 is 1.57 bits per heavy atom. The highest BCUT2D eigenvalue weighted by Gasteiger charge is 2.42. The lowest BCUT2D eigenvalue weighted by molar-refractivity contribution is -0.141. The first-order valence-corrected chi connectivity index (χ1v) is 9.25. The summed E-state index contributed by atoms with van der Waals surface area (Å²) in [6.07, 6.45) is 0. The number of hydrogen-bond donors (Lipinski definition) is 2. The molecule has 0 bridgehead atoms. The van der Waals surface area contributed by atoms with Crippen LogP contribution in [0.5, 0.6) is 0 Å². The molecule has 8 heteroatoms. The number of carbonyl (C=O) groups excluding carboxylic acids is 1. The molecule has 116 valence electrons. The Bertz CT molecular complexity index is 535. The normalized spacial score (nSPS) is 21.8. The number of amides is 2. The number of hydrogen-bond acceptors (Lipinski definition) is 4. The van der Waals surface area contributed by atoms with Crippen LogP contribution in [-0.2, 0) is 11.3 Å². The molecular weight excluding hydrogens is 376 g/mol. The largest absolute Gasteiger partial charge is 0.480 e. The monoisotopic (exact) mass is 392 g/mol. The van der Waals surface area contributed by atoms with Crippen LogP contribution in [0, 0.1) is 5.92 Å². The van der Waals surface area contributed by atoms with Gasteiger partial charge in [-0.1, -0.05) is 13.8 Å². The molecule has 1 aromatic rings. The van der Waals surface area contributed by atoms with E-state index in [0.717, 1.165) is 9.35 Å². The summed E-state index contributed by atoms with van der Waals surface area (Å²) in [6, 6.07) is 0.881. The number of carboxylic acid groups (broad SMARTS) is 1. The van der Waals surface area contributed by atoms with Crippen LogP contribution in [0.2, 0.25) is 0 Å². The summed E-state index contributed by atoms with van der Waals surface area (Å²) in [5.74, 6) is -0.295. The Labute approximate surface area is 140 Å². The van der Waals surface area contributed by atoms with Crippen molar-refractivity contribution in [3.8, 4) is 0 Å². The molecule has 2 rings (SSSR count). The molecule has 2 N–H and O–H groups in total. The second-order valence-corrected chi connectivity index (χ2v) is 8.18. The van der Waals surface area contributed by atoms with Crippen molar-refractivity contribution in [1.82, 2.24) is 10.2 Å². The number of rotatable bonds is 4. The standard InChI is InChI=1S/C13H17BrN2O3S2/c1-7(2)11-16(10(6-21-11)12(17)18)13(19)15-4-9-3-8(14)5-20-9/h3,5,7,10-11H,4,6H2,1-2H3,(H,15,19)(H,17,18). The van der Waals surface area contributed by atoms with Crippen molar-refractivity contribution in [2.45, 2.75) is 31.8 Å². The fourth-order valence-electron chi connectivity index (χ4n) is 2.19. The molecule has 1 aromatic heterocycles. The highest BCUT2D eigenvalue weighted by Crippen LogP contribution is 2.34. The number of carboxylic acids is 1. The van der Waals surface area contributed by atoms with Gasteiger partial charge in [0, 0.05) is 20.5 Å². The van der Waals surface area contributed by atoms with Crippen LogP contribution in [0.1, 0.15) is 18.7 Å². The molecule has 0 saturated carbocycles. The zero-order chi connectivity index (χ0) is 15.6. The summed E-state index contributed by atoms with van der Waals surface area (Å²) >= 11 is 6.44. The quantitative estimate of drug-likeness (QED) is 0.824. The number of nitrogens with zero attached hydrogens (tertiary/aromatic N) is 1. The minimum Gasteiger partial charge on any atom is -0.480 e. The lowest BCUT2D eigenvalue weighted by Crippen LogP contribution is -2.51. The van der Waals surface area contributed by atoms with Crippen LogP contribution < -0.4 is 5.32 Å². The summed E-state index contributed by atoms with van der Waals surface area (Å²) in [5.41, 5.74) is 0. The zero-order valence-corrected chi connectivity index (χ0v) is 14.9. The van der Waals surface area contributed by atoms with E-state index >= 15 is 0 Å². The number of aliphatic carboxylic acids is 1. The van der Waals surface area contributed by atoms with E-state index in [-0.39, 0.29) is 17.3 Å². The number of halogens is 1. The van der Waals surface area contributed by atoms with Crippen molar-refractivity contribution in [2.24, 2.45) is 5.92 Å². The van der Waals surface area contributed by atoms with E-state index in [2.05, 4.69) is 21.2 Å². The number of thioether (sulfide) groups is 1. The molecule has 1 fully saturated rings. The second-order valence-electron chi connectivity index (χ2n) is 5.12. The van der Waals surface area contributed by atoms with Gasteiger partial charge in [0.2, 0.25) is 0 Å². The number of urea groups is 1. The zero-order valence-electron chi connectivity index (χ0n) is 11.7. The molecule has 0 radical (unpaired) electrons. The third-order valence-corrected chi connectivity index (χ3v) is 6.48. The first-order valence-electron chi connectivity index (χ1n) is 6.53. The molecule has 0 aromatic carbocycles. The fourth-order valence-corrected chi connectivity index (χ4v) is 5.05. The van der Waals surface area contributed by atoms with E-state index in [4.69, 9.17) is 0 Å². The van der Waals surface area contributed by atoms with E-state index in [1.165, 1.54) is 16.7 Å². The molecular formula is C13H17BrN2O3S2. The van der Waals surface area contributed by atoms with Gasteiger partial charge in [-0.2, -0.15) is 0 Å². The minimum absolute atomic E-state index is 0.0961. The molecule has 1 aliphatic rings. The average molecular weight is 393 g/mol. The van der Waals surface area contributed by atoms with E-state index < -0.39 is 12.0 Å². The molecule has 0 aliphatic carbocycles. The molecule has 21 heavy (non-hydrogen) atoms. The van der Waals surface area contributed by atoms with Gasteiger partial charge in [0.1, 0.15) is 6.04 Å². The molecule has 2 amide bonds. The smallest absolute Gasteiger partial charge is 0.327 e. The SMILES string of the molecule is CC(C)C1SCC(C(=O)O)N1C(=O)NCc1cc(Br)cs1. The van der Waals surface area contributed by atoms with Crippen LogP contribution in [-0.4, -0.2) is 39.2 Å². The number of carbonyl (C=O) groups is 2. The van der Waals surface area contributed by atoms with Gasteiger partial charge in [-0.05, 0) is 27.9 Å². The van der Waals surface area contributed by atoms with Gasteiger partial charge in [0.25, 0.3) is 0 Å². The Morgan fingerprint density at radius 3 is 2.81 bits per heavy atom. The summed E-state index contributed by atoms with van der Waals surface area (Å²) < 4.78 is 0.983. The summed E-state index contributed by atoms with van der Waals surface area (Å²) in [7, 11) is 0. The van der Waals surface area contributed by atoms with Gasteiger partial charge in [-0.3, -0.25) is 4.90 Å². The average Bonchev–Trinajstić information content (AvgIpc) is 3.01. The van der Waals surface area contributed by atoms with Gasteiger partial charge in [0.15, 0.2) is 0 Å². The third kappa shape index (κ3) is 3.92. The van der Waals surface area contributed by atoms with Gasteiger partial charge in [-0.15, -0.1) is 23.1 Å². The Morgan fingerprint density at radius 2 is 2.29 bits per heavy atom. The van der Waals surface area contributed by atoms with Gasteiger partial charge < -0.3 is 10.4 Å². The number of thiophene rings is 1. The van der Waals surface area contributed by atoms with Crippen LogP contribution in [0.4, 0.5) is 4.79 Å². The molecule has 1 saturated heterocycles. The summed E-state index contributed by atoms with van der Waals surface area (Å²) in [5, 5.41) is 14.0. The maximum Gasteiger partial charge on any atom is 0.327 e. The minimum atomic E-state index is -0.945. The van der Waals surface area contributed by atoms with Gasteiger partial charge in [-0.25, -0.2) is 9.59 Å². The van der Waals surface area contributed by atoms with Crippen molar-refractivity contribution < 1.29 is 14.7 Å². The Hall–Kier alpha value is -0.730.